The van der Waals surface area contributed by atoms with Gasteiger partial charge in [0, 0.05) is 13.1 Å². The van der Waals surface area contributed by atoms with Crippen LogP contribution in [0.3, 0.4) is 0 Å². The van der Waals surface area contributed by atoms with E-state index in [1.54, 1.807) is 0 Å². The second kappa shape index (κ2) is 5.53. The average Bonchev–Trinajstić information content (AvgIpc) is 2.18. The maximum atomic E-state index is 6.26. The molecule has 0 aliphatic heterocycles. The Morgan fingerprint density at radius 3 is 2.33 bits per heavy atom. The summed E-state index contributed by atoms with van der Waals surface area (Å²) in [6.45, 7) is 8.22. The summed E-state index contributed by atoms with van der Waals surface area (Å²) in [7, 11) is 0. The van der Waals surface area contributed by atoms with E-state index in [9.17, 15) is 0 Å². The van der Waals surface area contributed by atoms with Gasteiger partial charge >= 0.3 is 0 Å². The van der Waals surface area contributed by atoms with Crippen molar-refractivity contribution in [2.45, 2.75) is 32.7 Å². The molecule has 0 radical (unpaired) electrons. The van der Waals surface area contributed by atoms with E-state index < -0.39 is 0 Å². The van der Waals surface area contributed by atoms with Crippen molar-refractivity contribution in [3.05, 3.63) is 35.9 Å². The fourth-order valence-corrected chi connectivity index (χ4v) is 1.35. The number of hydrogen-bond acceptors (Lipinski definition) is 1. The molecule has 0 heterocycles. The highest BCUT2D eigenvalue weighted by atomic mass is 35.5. The number of halogens is 1. The van der Waals surface area contributed by atoms with E-state index in [0.717, 1.165) is 13.1 Å². The Hall–Kier alpha value is -0.530. The van der Waals surface area contributed by atoms with Crippen LogP contribution in [0.1, 0.15) is 26.3 Å². The number of nitrogens with one attached hydrogen (secondary N) is 1. The standard InChI is InChI=1S/C13H20ClN/c1-13(2,3)12(14)10-15-9-11-7-5-4-6-8-11/h4-8,12,15H,9-10H2,1-3H3. The third-order valence-corrected chi connectivity index (χ3v) is 3.24. The van der Waals surface area contributed by atoms with Crippen molar-refractivity contribution < 1.29 is 0 Å². The summed E-state index contributed by atoms with van der Waals surface area (Å²) in [5.74, 6) is 0. The topological polar surface area (TPSA) is 12.0 Å². The Kier molecular flexibility index (Phi) is 4.62. The molecule has 0 aromatic heterocycles. The van der Waals surface area contributed by atoms with Crippen molar-refractivity contribution in [2.24, 2.45) is 5.41 Å². The van der Waals surface area contributed by atoms with Crippen LogP contribution >= 0.6 is 11.6 Å². The van der Waals surface area contributed by atoms with Gasteiger partial charge < -0.3 is 5.32 Å². The fourth-order valence-electron chi connectivity index (χ4n) is 1.25. The van der Waals surface area contributed by atoms with Gasteiger partial charge in [-0.05, 0) is 11.0 Å². The lowest BCUT2D eigenvalue weighted by molar-refractivity contribution is 0.375. The molecule has 0 spiro atoms. The van der Waals surface area contributed by atoms with Crippen LogP contribution in [-0.2, 0) is 6.54 Å². The smallest absolute Gasteiger partial charge is 0.0509 e. The summed E-state index contributed by atoms with van der Waals surface area (Å²) in [5.41, 5.74) is 1.46. The minimum absolute atomic E-state index is 0.158. The predicted molar refractivity (Wildman–Crippen MR) is 67.2 cm³/mol. The predicted octanol–water partition coefficient (Wildman–Crippen LogP) is 3.43. The molecule has 15 heavy (non-hydrogen) atoms. The van der Waals surface area contributed by atoms with Crippen LogP contribution in [0.4, 0.5) is 0 Å². The lowest BCUT2D eigenvalue weighted by atomic mass is 9.92. The highest BCUT2D eigenvalue weighted by Crippen LogP contribution is 2.23. The van der Waals surface area contributed by atoms with Gasteiger partial charge in [-0.25, -0.2) is 0 Å². The van der Waals surface area contributed by atoms with E-state index in [4.69, 9.17) is 11.6 Å². The second-order valence-corrected chi connectivity index (χ2v) is 5.48. The molecule has 1 aromatic rings. The molecule has 1 atom stereocenters. The van der Waals surface area contributed by atoms with Crippen molar-refractivity contribution in [2.75, 3.05) is 6.54 Å². The zero-order valence-corrected chi connectivity index (χ0v) is 10.5. The Balaban J connectivity index is 2.28. The van der Waals surface area contributed by atoms with Crippen LogP contribution in [0.15, 0.2) is 30.3 Å². The first-order chi connectivity index (χ1) is 7.00. The summed E-state index contributed by atoms with van der Waals surface area (Å²) in [4.78, 5) is 0. The number of rotatable bonds is 4. The highest BCUT2D eigenvalue weighted by molar-refractivity contribution is 6.21. The summed E-state index contributed by atoms with van der Waals surface area (Å²) in [6.07, 6.45) is 0. The van der Waals surface area contributed by atoms with Crippen molar-refractivity contribution in [1.29, 1.82) is 0 Å². The molecule has 1 rings (SSSR count). The molecule has 84 valence electrons. The van der Waals surface area contributed by atoms with Gasteiger partial charge in [0.05, 0.1) is 5.38 Å². The Labute approximate surface area is 97.8 Å². The van der Waals surface area contributed by atoms with Crippen LogP contribution in [-0.4, -0.2) is 11.9 Å². The first-order valence-corrected chi connectivity index (χ1v) is 5.82. The zero-order chi connectivity index (χ0) is 11.3. The minimum atomic E-state index is 0.158. The lowest BCUT2D eigenvalue weighted by Crippen LogP contribution is -2.32. The molecule has 1 unspecified atom stereocenters. The molecule has 0 fully saturated rings. The summed E-state index contributed by atoms with van der Waals surface area (Å²) in [6, 6.07) is 10.4. The first kappa shape index (κ1) is 12.5. The Morgan fingerprint density at radius 2 is 1.80 bits per heavy atom. The molecule has 0 amide bonds. The maximum Gasteiger partial charge on any atom is 0.0509 e. The van der Waals surface area contributed by atoms with E-state index in [1.165, 1.54) is 5.56 Å². The molecule has 0 aliphatic rings. The van der Waals surface area contributed by atoms with E-state index in [1.807, 2.05) is 6.07 Å². The Bertz CT molecular complexity index is 276. The van der Waals surface area contributed by atoms with Crippen LogP contribution in [0.2, 0.25) is 0 Å². The van der Waals surface area contributed by atoms with Crippen molar-refractivity contribution >= 4 is 11.6 Å². The van der Waals surface area contributed by atoms with Crippen LogP contribution in [0, 0.1) is 5.41 Å². The lowest BCUT2D eigenvalue weighted by Gasteiger charge is -2.25. The van der Waals surface area contributed by atoms with Crippen molar-refractivity contribution in [3.8, 4) is 0 Å². The molecule has 2 heteroatoms. The van der Waals surface area contributed by atoms with Gasteiger partial charge in [-0.3, -0.25) is 0 Å². The molecule has 0 saturated heterocycles. The molecular formula is C13H20ClN. The van der Waals surface area contributed by atoms with Gasteiger partial charge in [-0.15, -0.1) is 11.6 Å². The summed E-state index contributed by atoms with van der Waals surface area (Å²) >= 11 is 6.26. The van der Waals surface area contributed by atoms with Gasteiger partial charge in [-0.2, -0.15) is 0 Å². The van der Waals surface area contributed by atoms with Gasteiger partial charge in [0.25, 0.3) is 0 Å². The number of hydrogen-bond donors (Lipinski definition) is 1. The molecule has 0 aliphatic carbocycles. The minimum Gasteiger partial charge on any atom is -0.311 e. The molecule has 0 bridgehead atoms. The third kappa shape index (κ3) is 4.67. The van der Waals surface area contributed by atoms with E-state index in [0.29, 0.717) is 0 Å². The summed E-state index contributed by atoms with van der Waals surface area (Å²) in [5, 5.41) is 3.54. The molecule has 1 nitrogen and oxygen atoms in total. The zero-order valence-electron chi connectivity index (χ0n) is 9.76. The largest absolute Gasteiger partial charge is 0.311 e. The molecular weight excluding hydrogens is 206 g/mol. The van der Waals surface area contributed by atoms with Gasteiger partial charge in [0.1, 0.15) is 0 Å². The molecule has 1 N–H and O–H groups in total. The fraction of sp³-hybridized carbons (Fsp3) is 0.538. The van der Waals surface area contributed by atoms with Crippen LogP contribution < -0.4 is 5.32 Å². The highest BCUT2D eigenvalue weighted by Gasteiger charge is 2.21. The third-order valence-electron chi connectivity index (χ3n) is 2.44. The Morgan fingerprint density at radius 1 is 1.20 bits per heavy atom. The normalized spacial score (nSPS) is 13.9. The second-order valence-electron chi connectivity index (χ2n) is 4.95. The maximum absolute atomic E-state index is 6.26. The average molecular weight is 226 g/mol. The van der Waals surface area contributed by atoms with Crippen LogP contribution in [0.25, 0.3) is 0 Å². The van der Waals surface area contributed by atoms with Crippen LogP contribution in [0.5, 0.6) is 0 Å². The summed E-state index contributed by atoms with van der Waals surface area (Å²) < 4.78 is 0. The van der Waals surface area contributed by atoms with E-state index in [-0.39, 0.29) is 10.8 Å². The number of alkyl halides is 1. The molecule has 1 aromatic carbocycles. The van der Waals surface area contributed by atoms with Crippen molar-refractivity contribution in [1.82, 2.24) is 5.32 Å². The first-order valence-electron chi connectivity index (χ1n) is 5.39. The van der Waals surface area contributed by atoms with Crippen molar-refractivity contribution in [3.63, 3.8) is 0 Å². The SMILES string of the molecule is CC(C)(C)C(Cl)CNCc1ccccc1. The quantitative estimate of drug-likeness (QED) is 0.775. The van der Waals surface area contributed by atoms with E-state index >= 15 is 0 Å². The van der Waals surface area contributed by atoms with Gasteiger partial charge in [-0.1, -0.05) is 51.1 Å². The number of benzene rings is 1. The molecule has 0 saturated carbocycles. The van der Waals surface area contributed by atoms with E-state index in [2.05, 4.69) is 50.4 Å². The van der Waals surface area contributed by atoms with Gasteiger partial charge in [0.2, 0.25) is 0 Å². The van der Waals surface area contributed by atoms with Gasteiger partial charge in [0.15, 0.2) is 0 Å². The monoisotopic (exact) mass is 225 g/mol.